The van der Waals surface area contributed by atoms with Crippen molar-refractivity contribution < 1.29 is 4.79 Å². The molecule has 1 aliphatic heterocycles. The molecule has 4 unspecified atom stereocenters. The minimum Gasteiger partial charge on any atom is -0.298 e. The molecule has 0 bridgehead atoms. The van der Waals surface area contributed by atoms with Crippen LogP contribution in [-0.2, 0) is 4.79 Å². The lowest BCUT2D eigenvalue weighted by atomic mass is 9.75. The Morgan fingerprint density at radius 3 is 2.59 bits per heavy atom. The van der Waals surface area contributed by atoms with E-state index in [1.807, 2.05) is 23.5 Å². The van der Waals surface area contributed by atoms with E-state index in [1.54, 1.807) is 0 Å². The van der Waals surface area contributed by atoms with Gasteiger partial charge in [-0.15, -0.1) is 11.8 Å². The third-order valence-electron chi connectivity index (χ3n) is 4.27. The molecule has 1 heterocycles. The number of carbonyl (C=O) groups is 1. The molecule has 2 aliphatic rings. The normalized spacial score (nSPS) is 38.9. The lowest BCUT2D eigenvalue weighted by Crippen LogP contribution is -2.39. The molecule has 2 rings (SSSR count). The van der Waals surface area contributed by atoms with Crippen molar-refractivity contribution >= 4 is 29.3 Å². The molecule has 0 aromatic carbocycles. The highest BCUT2D eigenvalue weighted by Crippen LogP contribution is 2.39. The summed E-state index contributed by atoms with van der Waals surface area (Å²) in [5.74, 6) is 4.02. The van der Waals surface area contributed by atoms with Crippen molar-refractivity contribution in [3.8, 4) is 0 Å². The van der Waals surface area contributed by atoms with Crippen LogP contribution in [0.1, 0.15) is 46.0 Å². The highest BCUT2D eigenvalue weighted by molar-refractivity contribution is 8.07. The molecule has 0 radical (unpaired) electrons. The highest BCUT2D eigenvalue weighted by atomic mass is 32.2. The van der Waals surface area contributed by atoms with E-state index in [1.165, 1.54) is 31.4 Å². The second-order valence-corrected chi connectivity index (χ2v) is 8.06. The monoisotopic (exact) mass is 272 g/mol. The van der Waals surface area contributed by atoms with Gasteiger partial charge in [0.2, 0.25) is 0 Å². The van der Waals surface area contributed by atoms with Crippen molar-refractivity contribution in [2.75, 3.05) is 11.5 Å². The predicted molar refractivity (Wildman–Crippen MR) is 78.9 cm³/mol. The predicted octanol–water partition coefficient (Wildman–Crippen LogP) is 4.01. The first-order valence-corrected chi connectivity index (χ1v) is 9.10. The van der Waals surface area contributed by atoms with E-state index in [9.17, 15) is 4.79 Å². The van der Waals surface area contributed by atoms with E-state index >= 15 is 0 Å². The molecule has 0 spiro atoms. The summed E-state index contributed by atoms with van der Waals surface area (Å²) in [5, 5.41) is 0.812. The zero-order valence-electron chi connectivity index (χ0n) is 11.0. The Bertz CT molecular complexity index is 267. The Kier molecular flexibility index (Phi) is 5.28. The average molecular weight is 272 g/mol. The van der Waals surface area contributed by atoms with Crippen molar-refractivity contribution in [1.82, 2.24) is 0 Å². The standard InChI is InChI=1S/C14H24OS2/c1-3-11-6-4-5-7-12(11)13(15)14-10(2)16-8-9-17-14/h10-12,14H,3-9H2,1-2H3. The van der Waals surface area contributed by atoms with Gasteiger partial charge in [0.05, 0.1) is 5.25 Å². The summed E-state index contributed by atoms with van der Waals surface area (Å²) in [6, 6.07) is 0. The zero-order chi connectivity index (χ0) is 12.3. The lowest BCUT2D eigenvalue weighted by molar-refractivity contribution is -0.125. The zero-order valence-corrected chi connectivity index (χ0v) is 12.6. The van der Waals surface area contributed by atoms with Gasteiger partial charge < -0.3 is 0 Å². The summed E-state index contributed by atoms with van der Waals surface area (Å²) < 4.78 is 0. The fourth-order valence-electron chi connectivity index (χ4n) is 3.23. The van der Waals surface area contributed by atoms with Crippen LogP contribution in [0.4, 0.5) is 0 Å². The van der Waals surface area contributed by atoms with E-state index in [-0.39, 0.29) is 5.25 Å². The largest absolute Gasteiger partial charge is 0.298 e. The molecule has 3 heteroatoms. The van der Waals surface area contributed by atoms with Gasteiger partial charge >= 0.3 is 0 Å². The minimum atomic E-state index is 0.283. The van der Waals surface area contributed by atoms with Crippen molar-refractivity contribution in [3.05, 3.63) is 0 Å². The van der Waals surface area contributed by atoms with Crippen molar-refractivity contribution in [1.29, 1.82) is 0 Å². The van der Waals surface area contributed by atoms with Gasteiger partial charge in [0.1, 0.15) is 5.78 Å². The van der Waals surface area contributed by atoms with Gasteiger partial charge in [-0.25, -0.2) is 0 Å². The fraction of sp³-hybridized carbons (Fsp3) is 0.929. The van der Waals surface area contributed by atoms with Crippen molar-refractivity contribution in [2.24, 2.45) is 11.8 Å². The van der Waals surface area contributed by atoms with Crippen LogP contribution in [0.25, 0.3) is 0 Å². The number of carbonyl (C=O) groups excluding carboxylic acids is 1. The summed E-state index contributed by atoms with van der Waals surface area (Å²) in [6.45, 7) is 4.49. The maximum Gasteiger partial charge on any atom is 0.150 e. The molecule has 1 saturated carbocycles. The summed E-state index contributed by atoms with van der Waals surface area (Å²) >= 11 is 3.90. The summed E-state index contributed by atoms with van der Waals surface area (Å²) in [4.78, 5) is 12.7. The van der Waals surface area contributed by atoms with E-state index in [0.29, 0.717) is 22.9 Å². The van der Waals surface area contributed by atoms with Gasteiger partial charge in [0.15, 0.2) is 0 Å². The number of Topliss-reactive ketones (excluding diaryl/α,β-unsaturated/α-hetero) is 1. The maximum absolute atomic E-state index is 12.7. The second-order valence-electron chi connectivity index (χ2n) is 5.33. The highest BCUT2D eigenvalue weighted by Gasteiger charge is 2.37. The quantitative estimate of drug-likeness (QED) is 0.773. The van der Waals surface area contributed by atoms with Crippen molar-refractivity contribution in [2.45, 2.75) is 56.5 Å². The van der Waals surface area contributed by atoms with Crippen LogP contribution in [0, 0.1) is 11.8 Å². The number of rotatable bonds is 3. The molecule has 1 saturated heterocycles. The Labute approximate surface area is 114 Å². The second kappa shape index (κ2) is 6.51. The van der Waals surface area contributed by atoms with E-state index < -0.39 is 0 Å². The van der Waals surface area contributed by atoms with Gasteiger partial charge in [0, 0.05) is 22.7 Å². The Morgan fingerprint density at radius 2 is 1.88 bits per heavy atom. The fourth-order valence-corrected chi connectivity index (χ4v) is 6.01. The molecule has 1 nitrogen and oxygen atoms in total. The first-order valence-electron chi connectivity index (χ1n) is 7.01. The number of thioether (sulfide) groups is 2. The molecule has 0 aromatic rings. The SMILES string of the molecule is CCC1CCCCC1C(=O)C1SCCSC1C. The summed E-state index contributed by atoms with van der Waals surface area (Å²) in [7, 11) is 0. The Morgan fingerprint density at radius 1 is 1.18 bits per heavy atom. The molecule has 4 atom stereocenters. The molecule has 17 heavy (non-hydrogen) atoms. The van der Waals surface area contributed by atoms with Crippen LogP contribution in [0.5, 0.6) is 0 Å². The molecule has 0 amide bonds. The molecule has 1 aliphatic carbocycles. The summed E-state index contributed by atoms with van der Waals surface area (Å²) in [6.07, 6.45) is 6.24. The number of hydrogen-bond acceptors (Lipinski definition) is 3. The maximum atomic E-state index is 12.7. The molecule has 0 N–H and O–H groups in total. The minimum absolute atomic E-state index is 0.283. The molecular formula is C14H24OS2. The van der Waals surface area contributed by atoms with Gasteiger partial charge in [-0.05, 0) is 18.8 Å². The molecule has 0 aromatic heterocycles. The molecule has 98 valence electrons. The Balaban J connectivity index is 2.01. The van der Waals surface area contributed by atoms with E-state index in [0.717, 1.165) is 12.2 Å². The number of ketones is 1. The summed E-state index contributed by atoms with van der Waals surface area (Å²) in [5.41, 5.74) is 0. The van der Waals surface area contributed by atoms with Gasteiger partial charge in [0.25, 0.3) is 0 Å². The van der Waals surface area contributed by atoms with Crippen LogP contribution in [0.3, 0.4) is 0 Å². The first-order chi connectivity index (χ1) is 8.24. The van der Waals surface area contributed by atoms with E-state index in [4.69, 9.17) is 0 Å². The third kappa shape index (κ3) is 3.23. The molecular weight excluding hydrogens is 248 g/mol. The lowest BCUT2D eigenvalue weighted by Gasteiger charge is -2.35. The topological polar surface area (TPSA) is 17.1 Å². The Hall–Kier alpha value is 0.370. The third-order valence-corrected chi connectivity index (χ3v) is 7.38. The smallest absolute Gasteiger partial charge is 0.150 e. The molecule has 2 fully saturated rings. The van der Waals surface area contributed by atoms with Gasteiger partial charge in [-0.3, -0.25) is 4.79 Å². The van der Waals surface area contributed by atoms with E-state index in [2.05, 4.69) is 13.8 Å². The van der Waals surface area contributed by atoms with Crippen LogP contribution < -0.4 is 0 Å². The average Bonchev–Trinajstić information content (AvgIpc) is 2.38. The van der Waals surface area contributed by atoms with Gasteiger partial charge in [-0.1, -0.05) is 33.1 Å². The van der Waals surface area contributed by atoms with Gasteiger partial charge in [-0.2, -0.15) is 11.8 Å². The van der Waals surface area contributed by atoms with Crippen LogP contribution >= 0.6 is 23.5 Å². The van der Waals surface area contributed by atoms with Crippen LogP contribution in [0.2, 0.25) is 0 Å². The first kappa shape index (κ1) is 13.8. The van der Waals surface area contributed by atoms with Crippen LogP contribution in [0.15, 0.2) is 0 Å². The van der Waals surface area contributed by atoms with Crippen LogP contribution in [-0.4, -0.2) is 27.8 Å². The van der Waals surface area contributed by atoms with Crippen molar-refractivity contribution in [3.63, 3.8) is 0 Å². The number of hydrogen-bond donors (Lipinski definition) is 0.